The molecule has 0 amide bonds. The summed E-state index contributed by atoms with van der Waals surface area (Å²) in [6.45, 7) is 0. The molecule has 5 heteroatoms. The number of rotatable bonds is 10. The molecule has 0 nitrogen and oxygen atoms in total. The van der Waals surface area contributed by atoms with Crippen LogP contribution in [-0.4, -0.2) is 22.6 Å². The first kappa shape index (κ1) is 44.1. The minimum Gasteiger partial charge on any atom is -1.00 e. The zero-order valence-electron chi connectivity index (χ0n) is 35.1. The molecule has 0 N–H and O–H groups in total. The second-order valence-corrected chi connectivity index (χ2v) is 26.4. The van der Waals surface area contributed by atoms with Crippen molar-refractivity contribution in [3.63, 3.8) is 0 Å². The van der Waals surface area contributed by atoms with Crippen LogP contribution >= 0.6 is 15.8 Å². The molecule has 0 spiro atoms. The van der Waals surface area contributed by atoms with E-state index in [-0.39, 0.29) is 40.7 Å². The van der Waals surface area contributed by atoms with Crippen LogP contribution in [0.5, 0.6) is 0 Å². The minimum atomic E-state index is -0.478. The van der Waals surface area contributed by atoms with Gasteiger partial charge in [-0.1, -0.05) is 0 Å². The van der Waals surface area contributed by atoms with Gasteiger partial charge in [-0.2, -0.15) is 0 Å². The van der Waals surface area contributed by atoms with Gasteiger partial charge in [0.1, 0.15) is 0 Å². The number of benzene rings is 4. The van der Waals surface area contributed by atoms with Crippen LogP contribution in [0.15, 0.2) is 108 Å². The fraction of sp³-hybridized carbons (Fsp3) is 0.481. The molecule has 0 aromatic heterocycles. The van der Waals surface area contributed by atoms with Crippen molar-refractivity contribution in [1.29, 1.82) is 0 Å². The first-order chi connectivity index (χ1) is 28.3. The SMILES string of the molecule is C1=C(P(C2CCCCC2)C2CCCCC2)[CH]([Ti+2][CH]2C(P(C3CCCCC3)C3CCCCC3)=Cc3c(-c4ccccc4)cccc32)c2cccc(-c3ccccc3)c21.[Cl-].[Cl-]. The third kappa shape index (κ3) is 9.28. The summed E-state index contributed by atoms with van der Waals surface area (Å²) in [5, 5.41) is 3.96. The second kappa shape index (κ2) is 20.8. The molecule has 0 bridgehead atoms. The van der Waals surface area contributed by atoms with Crippen LogP contribution in [-0.2, 0) is 19.2 Å². The van der Waals surface area contributed by atoms with Crippen molar-refractivity contribution in [3.8, 4) is 22.3 Å². The van der Waals surface area contributed by atoms with Crippen LogP contribution in [0.3, 0.4) is 0 Å². The van der Waals surface area contributed by atoms with E-state index in [0.29, 0.717) is 8.45 Å². The first-order valence-corrected chi connectivity index (χ1v) is 28.2. The van der Waals surface area contributed by atoms with E-state index in [1.54, 1.807) is 22.3 Å². The zero-order chi connectivity index (χ0) is 38.0. The Balaban J connectivity index is 0.00000242. The van der Waals surface area contributed by atoms with Gasteiger partial charge in [0, 0.05) is 0 Å². The topological polar surface area (TPSA) is 0 Å². The van der Waals surface area contributed by atoms with Gasteiger partial charge >= 0.3 is 359 Å². The number of halogens is 2. The van der Waals surface area contributed by atoms with Gasteiger partial charge in [0.2, 0.25) is 0 Å². The molecule has 4 fully saturated rings. The third-order valence-electron chi connectivity index (χ3n) is 15.0. The van der Waals surface area contributed by atoms with E-state index in [4.69, 9.17) is 0 Å². The molecule has 10 rings (SSSR count). The summed E-state index contributed by atoms with van der Waals surface area (Å²) in [5.41, 5.74) is 16.2. The maximum absolute atomic E-state index is 2.89. The predicted molar refractivity (Wildman–Crippen MR) is 247 cm³/mol. The maximum atomic E-state index is 2.89. The van der Waals surface area contributed by atoms with Crippen LogP contribution in [0.2, 0.25) is 0 Å². The Morgan fingerprint density at radius 3 is 1.00 bits per heavy atom. The fourth-order valence-corrected chi connectivity index (χ4v) is 25.0. The second-order valence-electron chi connectivity index (χ2n) is 18.5. The van der Waals surface area contributed by atoms with Gasteiger partial charge in [0.25, 0.3) is 0 Å². The molecule has 4 aromatic carbocycles. The van der Waals surface area contributed by atoms with Crippen LogP contribution in [0, 0.1) is 0 Å². The Bertz CT molecular complexity index is 1850. The minimum absolute atomic E-state index is 0. The van der Waals surface area contributed by atoms with Gasteiger partial charge in [0.15, 0.2) is 0 Å². The molecule has 59 heavy (non-hydrogen) atoms. The Morgan fingerprint density at radius 2 is 0.678 bits per heavy atom. The van der Waals surface area contributed by atoms with Crippen molar-refractivity contribution in [2.45, 2.75) is 159 Å². The summed E-state index contributed by atoms with van der Waals surface area (Å²) in [6, 6.07) is 38.0. The summed E-state index contributed by atoms with van der Waals surface area (Å²) >= 11 is -0.478. The molecule has 4 saturated carbocycles. The number of hydrogen-bond acceptors (Lipinski definition) is 0. The summed E-state index contributed by atoms with van der Waals surface area (Å²) in [4.78, 5) is 0. The van der Waals surface area contributed by atoms with E-state index in [0.717, 1.165) is 22.6 Å². The van der Waals surface area contributed by atoms with Crippen LogP contribution in [0.4, 0.5) is 0 Å². The van der Waals surface area contributed by atoms with E-state index in [1.807, 2.05) is 10.6 Å². The standard InChI is InChI=1S/2C27H32P.2ClH.Ti/c2*1-4-11-21(12-5-1)26-18-10-13-22-19-25(20-27(22)26)28(23-14-6-2-7-15-23)24-16-8-3-9-17-24;;;/h2*1,4-5,10-13,18-20,23-24H,2-3,6-9,14-17H2;2*1H;/q;;;;+2/p-2. The van der Waals surface area contributed by atoms with Crippen molar-refractivity contribution in [1.82, 2.24) is 0 Å². The van der Waals surface area contributed by atoms with Gasteiger partial charge in [-0.05, 0) is 0 Å². The number of hydrogen-bond donors (Lipinski definition) is 0. The molecule has 308 valence electrons. The monoisotopic (exact) mass is 892 g/mol. The van der Waals surface area contributed by atoms with Gasteiger partial charge in [-0.25, -0.2) is 0 Å². The zero-order valence-corrected chi connectivity index (χ0v) is 40.0. The normalized spacial score (nSPS) is 22.8. The maximum Gasteiger partial charge on any atom is -1.00 e. The Hall–Kier alpha value is -1.49. The van der Waals surface area contributed by atoms with Crippen molar-refractivity contribution in [2.24, 2.45) is 0 Å². The van der Waals surface area contributed by atoms with E-state index >= 15 is 0 Å². The van der Waals surface area contributed by atoms with Crippen LogP contribution in [0.1, 0.15) is 159 Å². The Kier molecular flexibility index (Phi) is 15.6. The van der Waals surface area contributed by atoms with Crippen molar-refractivity contribution in [2.75, 3.05) is 0 Å². The Labute approximate surface area is 380 Å². The summed E-state index contributed by atoms with van der Waals surface area (Å²) < 4.78 is 1.29. The summed E-state index contributed by atoms with van der Waals surface area (Å²) in [5.74, 6) is 0. The average molecular weight is 894 g/mol. The summed E-state index contributed by atoms with van der Waals surface area (Å²) in [7, 11) is -0.341. The van der Waals surface area contributed by atoms with E-state index < -0.39 is 19.2 Å². The van der Waals surface area contributed by atoms with Crippen LogP contribution < -0.4 is 24.8 Å². The van der Waals surface area contributed by atoms with E-state index in [1.165, 1.54) is 151 Å². The molecule has 6 aliphatic rings. The van der Waals surface area contributed by atoms with Crippen LogP contribution in [0.25, 0.3) is 34.4 Å². The van der Waals surface area contributed by atoms with Crippen molar-refractivity contribution < 1.29 is 44.0 Å². The number of fused-ring (bicyclic) bond motifs is 2. The van der Waals surface area contributed by atoms with Gasteiger partial charge < -0.3 is 24.8 Å². The van der Waals surface area contributed by atoms with Gasteiger partial charge in [-0.3, -0.25) is 0 Å². The van der Waals surface area contributed by atoms with Crippen molar-refractivity contribution >= 4 is 28.0 Å². The average Bonchev–Trinajstić information content (AvgIpc) is 3.84. The predicted octanol–water partition coefficient (Wildman–Crippen LogP) is 10.9. The molecule has 0 radical (unpaired) electrons. The molecule has 2 unspecified atom stereocenters. The molecular formula is C54H64Cl2P2Ti. The smallest absolute Gasteiger partial charge is 1.00 e. The van der Waals surface area contributed by atoms with Crippen molar-refractivity contribution in [3.05, 3.63) is 130 Å². The molecule has 6 aliphatic carbocycles. The largest absolute Gasteiger partial charge is 1.00 e. The van der Waals surface area contributed by atoms with Gasteiger partial charge in [-0.15, -0.1) is 0 Å². The molecule has 0 heterocycles. The molecule has 0 aliphatic heterocycles. The molecular weight excluding hydrogens is 829 g/mol. The molecule has 2 atom stereocenters. The third-order valence-corrected chi connectivity index (χ3v) is 26.0. The van der Waals surface area contributed by atoms with E-state index in [2.05, 4.69) is 109 Å². The molecule has 0 saturated heterocycles. The number of allylic oxidation sites excluding steroid dienone is 2. The molecule has 4 aromatic rings. The first-order valence-electron chi connectivity index (χ1n) is 23.4. The quantitative estimate of drug-likeness (QED) is 0.110. The van der Waals surface area contributed by atoms with E-state index in [9.17, 15) is 0 Å². The van der Waals surface area contributed by atoms with Gasteiger partial charge in [0.05, 0.1) is 0 Å². The fourth-order valence-electron chi connectivity index (χ4n) is 12.4. The Morgan fingerprint density at radius 1 is 0.356 bits per heavy atom. The summed E-state index contributed by atoms with van der Waals surface area (Å²) in [6.07, 6.45) is 35.2.